The molecule has 1 unspecified atom stereocenters. The first kappa shape index (κ1) is 22.9. The molecule has 1 aromatic rings. The van der Waals surface area contributed by atoms with Crippen molar-refractivity contribution in [1.82, 2.24) is 9.62 Å². The van der Waals surface area contributed by atoms with Crippen molar-refractivity contribution in [2.75, 3.05) is 19.6 Å². The third-order valence-corrected chi connectivity index (χ3v) is 6.32. The Morgan fingerprint density at radius 1 is 1.23 bits per heavy atom. The van der Waals surface area contributed by atoms with Crippen LogP contribution in [0.4, 0.5) is 0 Å². The number of carbonyl (C=O) groups excluding carboxylic acids is 1. The highest BCUT2D eigenvalue weighted by atomic mass is 35.5. The molecule has 3 N–H and O–H groups in total. The van der Waals surface area contributed by atoms with Crippen molar-refractivity contribution >= 4 is 28.3 Å². The summed E-state index contributed by atoms with van der Waals surface area (Å²) >= 11 is 0. The van der Waals surface area contributed by atoms with E-state index in [1.165, 1.54) is 10.4 Å². The van der Waals surface area contributed by atoms with Gasteiger partial charge in [0.05, 0.1) is 4.90 Å². The summed E-state index contributed by atoms with van der Waals surface area (Å²) < 4.78 is 27.0. The summed E-state index contributed by atoms with van der Waals surface area (Å²) in [5, 5.41) is 2.90. The van der Waals surface area contributed by atoms with Gasteiger partial charge >= 0.3 is 0 Å². The lowest BCUT2D eigenvalue weighted by Gasteiger charge is -2.26. The second-order valence-electron chi connectivity index (χ2n) is 7.03. The fraction of sp³-hybridized carbons (Fsp3) is 0.611. The van der Waals surface area contributed by atoms with Crippen LogP contribution in [0.15, 0.2) is 29.2 Å². The lowest BCUT2D eigenvalue weighted by molar-refractivity contribution is 0.0933. The quantitative estimate of drug-likeness (QED) is 0.731. The molecule has 0 spiro atoms. The molecule has 26 heavy (non-hydrogen) atoms. The number of amides is 1. The van der Waals surface area contributed by atoms with Crippen LogP contribution >= 0.6 is 12.4 Å². The largest absolute Gasteiger partial charge is 0.348 e. The van der Waals surface area contributed by atoms with Crippen LogP contribution in [0.3, 0.4) is 0 Å². The van der Waals surface area contributed by atoms with Crippen LogP contribution in [0.1, 0.15) is 49.9 Å². The van der Waals surface area contributed by atoms with Gasteiger partial charge in [0.25, 0.3) is 5.91 Å². The molecule has 0 bridgehead atoms. The highest BCUT2D eigenvalue weighted by Gasteiger charge is 2.26. The van der Waals surface area contributed by atoms with E-state index in [1.807, 2.05) is 0 Å². The predicted molar refractivity (Wildman–Crippen MR) is 106 cm³/mol. The first-order valence-electron chi connectivity index (χ1n) is 8.95. The van der Waals surface area contributed by atoms with Crippen LogP contribution in [-0.2, 0) is 10.0 Å². The van der Waals surface area contributed by atoms with Crippen molar-refractivity contribution < 1.29 is 13.2 Å². The Kier molecular flexibility index (Phi) is 9.03. The molecule has 1 atom stereocenters. The number of carbonyl (C=O) groups is 1. The smallest absolute Gasteiger partial charge is 0.251 e. The summed E-state index contributed by atoms with van der Waals surface area (Å²) in [6.07, 6.45) is 3.61. The highest BCUT2D eigenvalue weighted by molar-refractivity contribution is 7.89. The zero-order valence-corrected chi connectivity index (χ0v) is 17.1. The van der Waals surface area contributed by atoms with E-state index in [-0.39, 0.29) is 29.3 Å². The Bertz CT molecular complexity index is 689. The third-order valence-electron chi connectivity index (χ3n) is 4.42. The highest BCUT2D eigenvalue weighted by Crippen LogP contribution is 2.21. The summed E-state index contributed by atoms with van der Waals surface area (Å²) in [6, 6.07) is 6.14. The standard InChI is InChI=1S/C18H29N3O3S.ClH/c1-14(2)11-16(13-19)20-18(22)15-7-6-8-17(12-15)25(23,24)21-9-4-3-5-10-21;/h6-8,12,14,16H,3-5,9-11,13,19H2,1-2H3,(H,20,22);1H. The average molecular weight is 404 g/mol. The summed E-state index contributed by atoms with van der Waals surface area (Å²) in [5.74, 6) is 0.131. The molecule has 1 aliphatic heterocycles. The van der Waals surface area contributed by atoms with Crippen molar-refractivity contribution in [3.05, 3.63) is 29.8 Å². The second kappa shape index (κ2) is 10.3. The molecule has 2 rings (SSSR count). The summed E-state index contributed by atoms with van der Waals surface area (Å²) in [5.41, 5.74) is 6.07. The van der Waals surface area contributed by atoms with Gasteiger partial charge in [-0.15, -0.1) is 12.4 Å². The van der Waals surface area contributed by atoms with Gasteiger partial charge in [0.2, 0.25) is 10.0 Å². The molecule has 0 aliphatic carbocycles. The number of piperidine rings is 1. The number of rotatable bonds is 7. The van der Waals surface area contributed by atoms with E-state index < -0.39 is 10.0 Å². The van der Waals surface area contributed by atoms with E-state index >= 15 is 0 Å². The van der Waals surface area contributed by atoms with Gasteiger partial charge in [-0.3, -0.25) is 4.79 Å². The number of hydrogen-bond acceptors (Lipinski definition) is 4. The van der Waals surface area contributed by atoms with E-state index in [0.717, 1.165) is 25.7 Å². The van der Waals surface area contributed by atoms with Crippen molar-refractivity contribution in [1.29, 1.82) is 0 Å². The van der Waals surface area contributed by atoms with Crippen LogP contribution in [0, 0.1) is 5.92 Å². The van der Waals surface area contributed by atoms with E-state index in [2.05, 4.69) is 19.2 Å². The van der Waals surface area contributed by atoms with Gasteiger partial charge in [-0.05, 0) is 43.4 Å². The van der Waals surface area contributed by atoms with Crippen molar-refractivity contribution in [3.8, 4) is 0 Å². The lowest BCUT2D eigenvalue weighted by atomic mass is 10.0. The van der Waals surface area contributed by atoms with Crippen LogP contribution in [0.2, 0.25) is 0 Å². The Morgan fingerprint density at radius 3 is 2.46 bits per heavy atom. The minimum absolute atomic E-state index is 0. The lowest BCUT2D eigenvalue weighted by Crippen LogP contribution is -2.41. The van der Waals surface area contributed by atoms with Crippen LogP contribution in [0.25, 0.3) is 0 Å². The molecule has 0 radical (unpaired) electrons. The maximum atomic E-state index is 12.8. The first-order valence-corrected chi connectivity index (χ1v) is 10.4. The molecule has 1 aromatic carbocycles. The summed E-state index contributed by atoms with van der Waals surface area (Å²) in [7, 11) is -3.54. The SMILES string of the molecule is CC(C)CC(CN)NC(=O)c1cccc(S(=O)(=O)N2CCCCC2)c1.Cl. The Hall–Kier alpha value is -1.15. The number of hydrogen-bond donors (Lipinski definition) is 2. The number of nitrogens with one attached hydrogen (secondary N) is 1. The van der Waals surface area contributed by atoms with Gasteiger partial charge in [0.15, 0.2) is 0 Å². The molecule has 0 saturated carbocycles. The number of halogens is 1. The van der Waals surface area contributed by atoms with Crippen molar-refractivity contribution in [2.24, 2.45) is 11.7 Å². The van der Waals surface area contributed by atoms with Crippen LogP contribution in [-0.4, -0.2) is 44.3 Å². The normalized spacial score (nSPS) is 16.8. The van der Waals surface area contributed by atoms with Crippen molar-refractivity contribution in [3.63, 3.8) is 0 Å². The second-order valence-corrected chi connectivity index (χ2v) is 8.97. The topological polar surface area (TPSA) is 92.5 Å². The minimum atomic E-state index is -3.54. The molecular formula is C18H30ClN3O3S. The molecule has 0 aromatic heterocycles. The molecular weight excluding hydrogens is 374 g/mol. The Morgan fingerprint density at radius 2 is 1.88 bits per heavy atom. The molecule has 1 saturated heterocycles. The monoisotopic (exact) mass is 403 g/mol. The predicted octanol–water partition coefficient (Wildman–Crippen LogP) is 2.39. The van der Waals surface area contributed by atoms with E-state index in [0.29, 0.717) is 31.1 Å². The molecule has 1 aliphatic rings. The number of nitrogens with two attached hydrogens (primary N) is 1. The first-order chi connectivity index (χ1) is 11.8. The van der Waals surface area contributed by atoms with E-state index in [9.17, 15) is 13.2 Å². The van der Waals surface area contributed by atoms with Crippen molar-refractivity contribution in [2.45, 2.75) is 50.5 Å². The van der Waals surface area contributed by atoms with Gasteiger partial charge < -0.3 is 11.1 Å². The number of sulfonamides is 1. The van der Waals surface area contributed by atoms with Crippen LogP contribution in [0.5, 0.6) is 0 Å². The Balaban J connectivity index is 0.00000338. The van der Waals surface area contributed by atoms with Gasteiger partial charge in [-0.2, -0.15) is 4.31 Å². The van der Waals surface area contributed by atoms with E-state index in [1.54, 1.807) is 18.2 Å². The average Bonchev–Trinajstić information content (AvgIpc) is 2.61. The fourth-order valence-electron chi connectivity index (χ4n) is 3.10. The number of benzene rings is 1. The molecule has 1 amide bonds. The zero-order valence-electron chi connectivity index (χ0n) is 15.5. The van der Waals surface area contributed by atoms with Gasteiger partial charge in [-0.25, -0.2) is 8.42 Å². The molecule has 6 nitrogen and oxygen atoms in total. The molecule has 1 fully saturated rings. The minimum Gasteiger partial charge on any atom is -0.348 e. The Labute approximate surface area is 163 Å². The number of nitrogens with zero attached hydrogens (tertiary/aromatic N) is 1. The van der Waals surface area contributed by atoms with Gasteiger partial charge in [0.1, 0.15) is 0 Å². The molecule has 8 heteroatoms. The zero-order chi connectivity index (χ0) is 18.4. The van der Waals surface area contributed by atoms with Gasteiger partial charge in [0, 0.05) is 31.2 Å². The van der Waals surface area contributed by atoms with Crippen LogP contribution < -0.4 is 11.1 Å². The fourth-order valence-corrected chi connectivity index (χ4v) is 4.67. The summed E-state index contributed by atoms with van der Waals surface area (Å²) in [4.78, 5) is 12.7. The van der Waals surface area contributed by atoms with E-state index in [4.69, 9.17) is 5.73 Å². The third kappa shape index (κ3) is 5.94. The molecule has 1 heterocycles. The maximum Gasteiger partial charge on any atom is 0.251 e. The summed E-state index contributed by atoms with van der Waals surface area (Å²) in [6.45, 7) is 5.59. The van der Waals surface area contributed by atoms with Gasteiger partial charge in [-0.1, -0.05) is 26.3 Å². The molecule has 148 valence electrons. The maximum absolute atomic E-state index is 12.8.